The lowest BCUT2D eigenvalue weighted by Gasteiger charge is -2.17. The lowest BCUT2D eigenvalue weighted by Crippen LogP contribution is -2.27. The van der Waals surface area contributed by atoms with Crippen LogP contribution >= 0.6 is 11.6 Å². The fourth-order valence-corrected chi connectivity index (χ4v) is 2.39. The van der Waals surface area contributed by atoms with Crippen LogP contribution in [0.5, 0.6) is 5.75 Å². The normalized spacial score (nSPS) is 11.6. The van der Waals surface area contributed by atoms with Gasteiger partial charge < -0.3 is 10.1 Å². The van der Waals surface area contributed by atoms with Crippen molar-refractivity contribution in [3.63, 3.8) is 0 Å². The van der Waals surface area contributed by atoms with Crippen LogP contribution in [0.15, 0.2) is 42.5 Å². The number of nitrogens with one attached hydrogen (secondary N) is 1. The van der Waals surface area contributed by atoms with Crippen molar-refractivity contribution >= 4 is 23.2 Å². The van der Waals surface area contributed by atoms with Gasteiger partial charge in [0, 0.05) is 16.7 Å². The number of methoxy groups -OCH3 is 1. The van der Waals surface area contributed by atoms with Crippen LogP contribution in [0.3, 0.4) is 0 Å². The van der Waals surface area contributed by atoms with Crippen molar-refractivity contribution in [1.82, 2.24) is 5.32 Å². The smallest absolute Gasteiger partial charge is 0.283 e. The highest BCUT2D eigenvalue weighted by Crippen LogP contribution is 2.27. The number of para-hydroxylation sites is 1. The summed E-state index contributed by atoms with van der Waals surface area (Å²) in [5, 5.41) is 14.0. The minimum Gasteiger partial charge on any atom is -0.496 e. The summed E-state index contributed by atoms with van der Waals surface area (Å²) in [6.07, 6.45) is 0. The molecule has 6 nitrogen and oxygen atoms in total. The Labute approximate surface area is 138 Å². The topological polar surface area (TPSA) is 81.5 Å². The molecule has 2 aromatic rings. The second-order valence-electron chi connectivity index (χ2n) is 4.86. The van der Waals surface area contributed by atoms with Crippen LogP contribution in [0.4, 0.5) is 5.69 Å². The third-order valence-corrected chi connectivity index (χ3v) is 3.59. The highest BCUT2D eigenvalue weighted by atomic mass is 35.5. The molecule has 0 heterocycles. The van der Waals surface area contributed by atoms with Gasteiger partial charge in [-0.1, -0.05) is 29.8 Å². The van der Waals surface area contributed by atoms with Gasteiger partial charge in [0.1, 0.15) is 11.3 Å². The minimum absolute atomic E-state index is 0.0406. The first-order chi connectivity index (χ1) is 10.9. The van der Waals surface area contributed by atoms with Gasteiger partial charge in [-0.05, 0) is 25.1 Å². The Morgan fingerprint density at radius 2 is 2.00 bits per heavy atom. The molecule has 0 aliphatic carbocycles. The van der Waals surface area contributed by atoms with E-state index in [4.69, 9.17) is 16.3 Å². The Balaban J connectivity index is 2.27. The molecule has 7 heteroatoms. The zero-order chi connectivity index (χ0) is 17.0. The molecular formula is C16H15ClN2O4. The quantitative estimate of drug-likeness (QED) is 0.667. The zero-order valence-electron chi connectivity index (χ0n) is 12.6. The van der Waals surface area contributed by atoms with Gasteiger partial charge in [-0.15, -0.1) is 0 Å². The summed E-state index contributed by atoms with van der Waals surface area (Å²) in [7, 11) is 1.54. The molecule has 1 amide bonds. The van der Waals surface area contributed by atoms with E-state index >= 15 is 0 Å². The number of ether oxygens (including phenoxy) is 1. The number of nitrogens with zero attached hydrogens (tertiary/aromatic N) is 1. The number of nitro groups is 1. The van der Waals surface area contributed by atoms with Crippen molar-refractivity contribution in [2.75, 3.05) is 7.11 Å². The molecule has 0 aliphatic rings. The van der Waals surface area contributed by atoms with E-state index in [1.54, 1.807) is 13.0 Å². The first-order valence-corrected chi connectivity index (χ1v) is 7.19. The third-order valence-electron chi connectivity index (χ3n) is 3.35. The van der Waals surface area contributed by atoms with Gasteiger partial charge >= 0.3 is 0 Å². The molecule has 0 fully saturated rings. The van der Waals surface area contributed by atoms with E-state index < -0.39 is 10.8 Å². The molecule has 1 N–H and O–H groups in total. The van der Waals surface area contributed by atoms with Crippen LogP contribution in [0.2, 0.25) is 5.02 Å². The van der Waals surface area contributed by atoms with Crippen molar-refractivity contribution in [3.8, 4) is 5.75 Å². The molecule has 0 spiro atoms. The highest BCUT2D eigenvalue weighted by molar-refractivity contribution is 6.31. The van der Waals surface area contributed by atoms with Gasteiger partial charge in [0.15, 0.2) is 0 Å². The van der Waals surface area contributed by atoms with E-state index in [9.17, 15) is 14.9 Å². The van der Waals surface area contributed by atoms with Crippen molar-refractivity contribution in [3.05, 3.63) is 68.7 Å². The molecule has 0 bridgehead atoms. The number of hydrogen-bond acceptors (Lipinski definition) is 4. The monoisotopic (exact) mass is 334 g/mol. The van der Waals surface area contributed by atoms with E-state index in [0.29, 0.717) is 5.75 Å². The van der Waals surface area contributed by atoms with Gasteiger partial charge in [0.05, 0.1) is 18.1 Å². The van der Waals surface area contributed by atoms with E-state index in [0.717, 1.165) is 11.6 Å². The van der Waals surface area contributed by atoms with Gasteiger partial charge in [-0.3, -0.25) is 14.9 Å². The molecule has 0 aliphatic heterocycles. The van der Waals surface area contributed by atoms with Crippen molar-refractivity contribution < 1.29 is 14.5 Å². The molecule has 1 unspecified atom stereocenters. The largest absolute Gasteiger partial charge is 0.496 e. The average Bonchev–Trinajstić information content (AvgIpc) is 2.54. The summed E-state index contributed by atoms with van der Waals surface area (Å²) in [5.41, 5.74) is 0.406. The average molecular weight is 335 g/mol. The van der Waals surface area contributed by atoms with Gasteiger partial charge in [0.2, 0.25) is 0 Å². The third kappa shape index (κ3) is 3.78. The molecule has 0 saturated heterocycles. The zero-order valence-corrected chi connectivity index (χ0v) is 13.3. The molecule has 23 heavy (non-hydrogen) atoms. The van der Waals surface area contributed by atoms with Crippen LogP contribution in [0.25, 0.3) is 0 Å². The van der Waals surface area contributed by atoms with Crippen molar-refractivity contribution in [2.24, 2.45) is 0 Å². The number of hydrogen-bond donors (Lipinski definition) is 1. The second kappa shape index (κ2) is 7.11. The molecule has 0 aromatic heterocycles. The number of nitro benzene ring substituents is 1. The first-order valence-electron chi connectivity index (χ1n) is 6.81. The molecule has 0 saturated carbocycles. The Morgan fingerprint density at radius 3 is 2.65 bits per heavy atom. The maximum absolute atomic E-state index is 12.4. The van der Waals surface area contributed by atoms with Crippen LogP contribution in [-0.4, -0.2) is 17.9 Å². The van der Waals surface area contributed by atoms with E-state index in [1.165, 1.54) is 19.2 Å². The number of rotatable bonds is 5. The molecule has 2 aromatic carbocycles. The predicted octanol–water partition coefficient (Wildman–Crippen LogP) is 3.75. The van der Waals surface area contributed by atoms with Crippen molar-refractivity contribution in [1.29, 1.82) is 0 Å². The van der Waals surface area contributed by atoms with Gasteiger partial charge in [-0.25, -0.2) is 0 Å². The van der Waals surface area contributed by atoms with Crippen molar-refractivity contribution in [2.45, 2.75) is 13.0 Å². The Hall–Kier alpha value is -2.60. The van der Waals surface area contributed by atoms with Crippen LogP contribution in [-0.2, 0) is 0 Å². The fraction of sp³-hybridized carbons (Fsp3) is 0.188. The summed E-state index contributed by atoms with van der Waals surface area (Å²) >= 11 is 5.75. The summed E-state index contributed by atoms with van der Waals surface area (Å²) in [6.45, 7) is 1.78. The lowest BCUT2D eigenvalue weighted by molar-refractivity contribution is -0.385. The number of benzene rings is 2. The fourth-order valence-electron chi connectivity index (χ4n) is 2.22. The Bertz CT molecular complexity index is 749. The SMILES string of the molecule is COc1ccccc1C(C)NC(=O)c1ccc(Cl)cc1[N+](=O)[O-]. The van der Waals surface area contributed by atoms with Crippen LogP contribution in [0, 0.1) is 10.1 Å². The van der Waals surface area contributed by atoms with E-state index in [1.807, 2.05) is 18.2 Å². The molecular weight excluding hydrogens is 320 g/mol. The van der Waals surface area contributed by atoms with Crippen LogP contribution in [0.1, 0.15) is 28.9 Å². The van der Waals surface area contributed by atoms with Crippen LogP contribution < -0.4 is 10.1 Å². The lowest BCUT2D eigenvalue weighted by atomic mass is 10.1. The minimum atomic E-state index is -0.630. The second-order valence-corrected chi connectivity index (χ2v) is 5.29. The Kier molecular flexibility index (Phi) is 5.18. The molecule has 0 radical (unpaired) electrons. The highest BCUT2D eigenvalue weighted by Gasteiger charge is 2.22. The number of amides is 1. The Morgan fingerprint density at radius 1 is 1.30 bits per heavy atom. The maximum Gasteiger partial charge on any atom is 0.283 e. The maximum atomic E-state index is 12.4. The predicted molar refractivity (Wildman–Crippen MR) is 87.0 cm³/mol. The first kappa shape index (κ1) is 16.8. The summed E-state index contributed by atoms with van der Waals surface area (Å²) in [5.74, 6) is 0.0812. The number of carbonyl (C=O) groups is 1. The summed E-state index contributed by atoms with van der Waals surface area (Å²) in [6, 6.07) is 10.8. The summed E-state index contributed by atoms with van der Waals surface area (Å²) < 4.78 is 5.25. The van der Waals surface area contributed by atoms with Gasteiger partial charge in [0.25, 0.3) is 11.6 Å². The van der Waals surface area contributed by atoms with E-state index in [2.05, 4.69) is 5.32 Å². The number of halogens is 1. The number of carbonyl (C=O) groups excluding carboxylic acids is 1. The molecule has 120 valence electrons. The van der Waals surface area contributed by atoms with E-state index in [-0.39, 0.29) is 22.3 Å². The summed E-state index contributed by atoms with van der Waals surface area (Å²) in [4.78, 5) is 22.8. The molecule has 2 rings (SSSR count). The van der Waals surface area contributed by atoms with Gasteiger partial charge in [-0.2, -0.15) is 0 Å². The standard InChI is InChI=1S/C16H15ClN2O4/c1-10(12-5-3-4-6-15(12)23-2)18-16(20)13-8-7-11(17)9-14(13)19(21)22/h3-10H,1-2H3,(H,18,20). The molecule has 1 atom stereocenters.